The third-order valence-electron chi connectivity index (χ3n) is 3.10. The summed E-state index contributed by atoms with van der Waals surface area (Å²) in [5, 5.41) is 9.67. The first-order valence-electron chi connectivity index (χ1n) is 5.81. The highest BCUT2D eigenvalue weighted by Crippen LogP contribution is 2.33. The highest BCUT2D eigenvalue weighted by molar-refractivity contribution is 5.39. The number of aryl methyl sites for hydroxylation is 1. The van der Waals surface area contributed by atoms with Gasteiger partial charge in [-0.15, -0.1) is 0 Å². The molecular weight excluding hydrogens is 200 g/mol. The lowest BCUT2D eigenvalue weighted by molar-refractivity contribution is 0.180. The van der Waals surface area contributed by atoms with Gasteiger partial charge in [0, 0.05) is 0 Å². The van der Waals surface area contributed by atoms with E-state index < -0.39 is 0 Å². The maximum Gasteiger partial charge on any atom is 0.120 e. The molecule has 1 N–H and O–H groups in total. The smallest absolute Gasteiger partial charge is 0.120 e. The van der Waals surface area contributed by atoms with Crippen molar-refractivity contribution in [2.75, 3.05) is 6.61 Å². The van der Waals surface area contributed by atoms with Gasteiger partial charge in [-0.25, -0.2) is 0 Å². The van der Waals surface area contributed by atoms with E-state index in [1.165, 1.54) is 5.56 Å². The lowest BCUT2D eigenvalue weighted by Gasteiger charge is -2.09. The van der Waals surface area contributed by atoms with Crippen LogP contribution in [-0.4, -0.2) is 11.7 Å². The number of benzene rings is 1. The molecule has 0 aliphatic heterocycles. The molecule has 2 nitrogen and oxygen atoms in total. The van der Waals surface area contributed by atoms with Gasteiger partial charge in [-0.3, -0.25) is 0 Å². The summed E-state index contributed by atoms with van der Waals surface area (Å²) < 4.78 is 5.64. The van der Waals surface area contributed by atoms with E-state index in [9.17, 15) is 5.11 Å². The van der Waals surface area contributed by atoms with Gasteiger partial charge in [-0.2, -0.15) is 0 Å². The van der Waals surface area contributed by atoms with Crippen molar-refractivity contribution in [2.45, 2.75) is 32.3 Å². The lowest BCUT2D eigenvalue weighted by atomic mass is 10.1. The molecule has 0 fully saturated rings. The van der Waals surface area contributed by atoms with Crippen LogP contribution in [0.25, 0.3) is 0 Å². The number of hydrogen-bond donors (Lipinski definition) is 1. The first-order valence-corrected chi connectivity index (χ1v) is 5.81. The highest BCUT2D eigenvalue weighted by atomic mass is 16.5. The predicted octanol–water partition coefficient (Wildman–Crippen LogP) is 3.01. The van der Waals surface area contributed by atoms with Crippen LogP contribution in [0.1, 0.15) is 37.0 Å². The Morgan fingerprint density at radius 1 is 1.56 bits per heavy atom. The van der Waals surface area contributed by atoms with Crippen LogP contribution in [0.2, 0.25) is 0 Å². The normalized spacial score (nSPS) is 18.2. The fourth-order valence-electron chi connectivity index (χ4n) is 1.95. The van der Waals surface area contributed by atoms with E-state index in [0.29, 0.717) is 6.61 Å². The molecule has 0 bridgehead atoms. The molecular formula is C14H18O2. The van der Waals surface area contributed by atoms with Gasteiger partial charge < -0.3 is 9.84 Å². The third kappa shape index (κ3) is 2.27. The molecule has 16 heavy (non-hydrogen) atoms. The van der Waals surface area contributed by atoms with Crippen LogP contribution in [0.4, 0.5) is 0 Å². The van der Waals surface area contributed by atoms with Crippen molar-refractivity contribution in [3.8, 4) is 5.75 Å². The van der Waals surface area contributed by atoms with Crippen molar-refractivity contribution in [3.05, 3.63) is 41.5 Å². The van der Waals surface area contributed by atoms with Crippen molar-refractivity contribution in [3.63, 3.8) is 0 Å². The zero-order valence-corrected chi connectivity index (χ0v) is 9.70. The molecule has 86 valence electrons. The molecule has 1 aliphatic carbocycles. The molecule has 0 aromatic heterocycles. The fourth-order valence-corrected chi connectivity index (χ4v) is 1.95. The highest BCUT2D eigenvalue weighted by Gasteiger charge is 2.20. The molecule has 0 saturated heterocycles. The van der Waals surface area contributed by atoms with Gasteiger partial charge in [0.05, 0.1) is 6.10 Å². The van der Waals surface area contributed by atoms with Crippen molar-refractivity contribution < 1.29 is 9.84 Å². The molecule has 2 rings (SSSR count). The Kier molecular flexibility index (Phi) is 3.30. The summed E-state index contributed by atoms with van der Waals surface area (Å²) in [5.41, 5.74) is 3.37. The Morgan fingerprint density at radius 3 is 3.12 bits per heavy atom. The molecule has 0 radical (unpaired) electrons. The van der Waals surface area contributed by atoms with Crippen LogP contribution < -0.4 is 4.74 Å². The second-order valence-corrected chi connectivity index (χ2v) is 4.31. The third-order valence-corrected chi connectivity index (χ3v) is 3.10. The van der Waals surface area contributed by atoms with Gasteiger partial charge in [-0.05, 0) is 48.1 Å². The van der Waals surface area contributed by atoms with Gasteiger partial charge in [-0.1, -0.05) is 19.6 Å². The molecule has 0 saturated carbocycles. The predicted molar refractivity (Wildman–Crippen MR) is 64.6 cm³/mol. The Bertz CT molecular complexity index is 396. The molecule has 1 aliphatic rings. The van der Waals surface area contributed by atoms with Gasteiger partial charge in [0.1, 0.15) is 12.4 Å². The van der Waals surface area contributed by atoms with E-state index in [2.05, 4.69) is 13.5 Å². The average Bonchev–Trinajstić information content (AvgIpc) is 2.67. The first kappa shape index (κ1) is 11.2. The van der Waals surface area contributed by atoms with Crippen molar-refractivity contribution in [1.82, 2.24) is 0 Å². The maximum atomic E-state index is 9.67. The quantitative estimate of drug-likeness (QED) is 0.787. The maximum absolute atomic E-state index is 9.67. The van der Waals surface area contributed by atoms with Crippen molar-refractivity contribution in [2.24, 2.45) is 0 Å². The van der Waals surface area contributed by atoms with Crippen LogP contribution in [0.15, 0.2) is 30.4 Å². The van der Waals surface area contributed by atoms with Gasteiger partial charge in [0.25, 0.3) is 0 Å². The minimum atomic E-state index is -0.283. The van der Waals surface area contributed by atoms with Gasteiger partial charge >= 0.3 is 0 Å². The molecule has 1 aromatic carbocycles. The van der Waals surface area contributed by atoms with Crippen LogP contribution in [0, 0.1) is 0 Å². The summed E-state index contributed by atoms with van der Waals surface area (Å²) in [6.07, 6.45) is 2.45. The van der Waals surface area contributed by atoms with Gasteiger partial charge in [0.15, 0.2) is 0 Å². The fraction of sp³-hybridized carbons (Fsp3) is 0.429. The van der Waals surface area contributed by atoms with E-state index in [0.717, 1.165) is 36.1 Å². The Balaban J connectivity index is 2.05. The number of aliphatic hydroxyl groups excluding tert-OH is 1. The molecule has 0 heterocycles. The van der Waals surface area contributed by atoms with Crippen molar-refractivity contribution >= 4 is 0 Å². The Labute approximate surface area is 96.6 Å². The lowest BCUT2D eigenvalue weighted by Crippen LogP contribution is -2.00. The molecule has 0 unspecified atom stereocenters. The van der Waals surface area contributed by atoms with Gasteiger partial charge in [0.2, 0.25) is 0 Å². The van der Waals surface area contributed by atoms with E-state index in [1.54, 1.807) is 0 Å². The van der Waals surface area contributed by atoms with E-state index in [4.69, 9.17) is 4.74 Å². The summed E-state index contributed by atoms with van der Waals surface area (Å²) in [6, 6.07) is 5.93. The summed E-state index contributed by atoms with van der Waals surface area (Å²) in [4.78, 5) is 0. The number of rotatable bonds is 4. The number of aliphatic hydroxyl groups is 1. The monoisotopic (exact) mass is 218 g/mol. The van der Waals surface area contributed by atoms with E-state index in [-0.39, 0.29) is 6.10 Å². The Morgan fingerprint density at radius 2 is 2.38 bits per heavy atom. The molecule has 1 aromatic rings. The van der Waals surface area contributed by atoms with E-state index in [1.807, 2.05) is 18.2 Å². The summed E-state index contributed by atoms with van der Waals surface area (Å²) >= 11 is 0. The second-order valence-electron chi connectivity index (χ2n) is 4.31. The van der Waals surface area contributed by atoms with Crippen molar-refractivity contribution in [1.29, 1.82) is 0 Å². The number of hydrogen-bond acceptors (Lipinski definition) is 2. The zero-order valence-electron chi connectivity index (χ0n) is 9.70. The summed E-state index contributed by atoms with van der Waals surface area (Å²) in [6.45, 7) is 6.56. The van der Waals surface area contributed by atoms with Crippen LogP contribution in [0.5, 0.6) is 5.75 Å². The summed E-state index contributed by atoms with van der Waals surface area (Å²) in [5.74, 6) is 0.877. The SMILES string of the molecule is C=C(CC)COc1ccc2c(c1)CC[C@H]2O. The topological polar surface area (TPSA) is 29.5 Å². The largest absolute Gasteiger partial charge is 0.489 e. The summed E-state index contributed by atoms with van der Waals surface area (Å²) in [7, 11) is 0. The zero-order chi connectivity index (χ0) is 11.5. The minimum Gasteiger partial charge on any atom is -0.489 e. The second kappa shape index (κ2) is 4.71. The minimum absolute atomic E-state index is 0.283. The standard InChI is InChI=1S/C14H18O2/c1-3-10(2)9-16-12-5-6-13-11(8-12)4-7-14(13)15/h5-6,8,14-15H,2-4,7,9H2,1H3/t14-/m1/s1. The van der Waals surface area contributed by atoms with E-state index >= 15 is 0 Å². The number of ether oxygens (including phenoxy) is 1. The first-order chi connectivity index (χ1) is 7.70. The molecule has 0 spiro atoms. The van der Waals surface area contributed by atoms with Crippen LogP contribution in [0.3, 0.4) is 0 Å². The molecule has 1 atom stereocenters. The molecule has 0 amide bonds. The number of fused-ring (bicyclic) bond motifs is 1. The van der Waals surface area contributed by atoms with Crippen LogP contribution >= 0.6 is 0 Å². The average molecular weight is 218 g/mol. The molecule has 2 heteroatoms. The van der Waals surface area contributed by atoms with Crippen LogP contribution in [-0.2, 0) is 6.42 Å². The Hall–Kier alpha value is -1.28.